The fraction of sp³-hybridized carbons (Fsp3) is 0.467. The van der Waals surface area contributed by atoms with Crippen LogP contribution in [0.4, 0.5) is 4.39 Å². The van der Waals surface area contributed by atoms with Crippen molar-refractivity contribution >= 4 is 15.9 Å². The fourth-order valence-electron chi connectivity index (χ4n) is 2.31. The van der Waals surface area contributed by atoms with Crippen LogP contribution in [0.2, 0.25) is 0 Å². The molecule has 6 heteroatoms. The first kappa shape index (κ1) is 16.1. The molecule has 1 heterocycles. The smallest absolute Gasteiger partial charge is 0.231 e. The Hall–Kier alpha value is -1.27. The summed E-state index contributed by atoms with van der Waals surface area (Å²) in [7, 11) is 0. The van der Waals surface area contributed by atoms with Crippen molar-refractivity contribution in [3.8, 4) is 11.4 Å². The van der Waals surface area contributed by atoms with Gasteiger partial charge in [0.2, 0.25) is 11.7 Å². The highest BCUT2D eigenvalue weighted by molar-refractivity contribution is 9.10. The average molecular weight is 356 g/mol. The Labute approximate surface area is 132 Å². The van der Waals surface area contributed by atoms with Crippen molar-refractivity contribution in [1.82, 2.24) is 15.5 Å². The first-order valence-electron chi connectivity index (χ1n) is 7.09. The van der Waals surface area contributed by atoms with Crippen molar-refractivity contribution in [3.63, 3.8) is 0 Å². The zero-order chi connectivity index (χ0) is 15.4. The van der Waals surface area contributed by atoms with Crippen LogP contribution in [-0.2, 0) is 0 Å². The first-order valence-corrected chi connectivity index (χ1v) is 7.88. The summed E-state index contributed by atoms with van der Waals surface area (Å²) in [6, 6.07) is 4.69. The van der Waals surface area contributed by atoms with Gasteiger partial charge in [0.25, 0.3) is 0 Å². The van der Waals surface area contributed by atoms with Gasteiger partial charge in [-0.3, -0.25) is 0 Å². The molecule has 2 atom stereocenters. The molecule has 0 saturated heterocycles. The Kier molecular flexibility index (Phi) is 5.47. The van der Waals surface area contributed by atoms with Crippen LogP contribution in [0, 0.1) is 5.82 Å². The Bertz CT molecular complexity index is 602. The van der Waals surface area contributed by atoms with E-state index in [0.717, 1.165) is 17.4 Å². The number of halogens is 2. The SMILES string of the molecule is CCNC(CC)C(C)c1nc(-c2cc(F)ccc2Br)no1. The molecule has 0 aliphatic rings. The largest absolute Gasteiger partial charge is 0.339 e. The highest BCUT2D eigenvalue weighted by atomic mass is 79.9. The minimum Gasteiger partial charge on any atom is -0.339 e. The summed E-state index contributed by atoms with van der Waals surface area (Å²) < 4.78 is 19.5. The maximum Gasteiger partial charge on any atom is 0.231 e. The van der Waals surface area contributed by atoms with E-state index in [1.54, 1.807) is 6.07 Å². The van der Waals surface area contributed by atoms with Crippen molar-refractivity contribution in [2.24, 2.45) is 0 Å². The van der Waals surface area contributed by atoms with Crippen LogP contribution < -0.4 is 5.32 Å². The van der Waals surface area contributed by atoms with E-state index >= 15 is 0 Å². The molecule has 2 aromatic rings. The van der Waals surface area contributed by atoms with Crippen LogP contribution in [-0.4, -0.2) is 22.7 Å². The Balaban J connectivity index is 2.27. The predicted octanol–water partition coefficient (Wildman–Crippen LogP) is 4.13. The van der Waals surface area contributed by atoms with Gasteiger partial charge in [0, 0.05) is 16.1 Å². The maximum atomic E-state index is 13.4. The summed E-state index contributed by atoms with van der Waals surface area (Å²) in [6.45, 7) is 7.12. The molecule has 2 unspecified atom stereocenters. The van der Waals surface area contributed by atoms with Crippen LogP contribution in [0.1, 0.15) is 39.0 Å². The van der Waals surface area contributed by atoms with Crippen LogP contribution in [0.5, 0.6) is 0 Å². The van der Waals surface area contributed by atoms with Gasteiger partial charge in [0.1, 0.15) is 5.82 Å². The molecule has 1 aromatic carbocycles. The summed E-state index contributed by atoms with van der Waals surface area (Å²) in [5, 5.41) is 7.38. The standard InChI is InChI=1S/C15H19BrFN3O/c1-4-13(18-5-2)9(3)15-19-14(20-21-15)11-8-10(17)6-7-12(11)16/h6-9,13,18H,4-5H2,1-3H3. The number of benzene rings is 1. The van der Waals surface area contributed by atoms with Crippen molar-refractivity contribution in [1.29, 1.82) is 0 Å². The Morgan fingerprint density at radius 2 is 2.14 bits per heavy atom. The van der Waals surface area contributed by atoms with Crippen molar-refractivity contribution in [2.75, 3.05) is 6.54 Å². The minimum absolute atomic E-state index is 0.100. The zero-order valence-electron chi connectivity index (χ0n) is 12.4. The van der Waals surface area contributed by atoms with Crippen molar-refractivity contribution in [3.05, 3.63) is 34.4 Å². The summed E-state index contributed by atoms with van der Waals surface area (Å²) in [5.41, 5.74) is 0.591. The molecule has 0 radical (unpaired) electrons. The van der Waals surface area contributed by atoms with Gasteiger partial charge in [-0.1, -0.05) is 41.9 Å². The second-order valence-corrected chi connectivity index (χ2v) is 5.80. The summed E-state index contributed by atoms with van der Waals surface area (Å²) in [6.07, 6.45) is 0.969. The third-order valence-electron chi connectivity index (χ3n) is 3.51. The van der Waals surface area contributed by atoms with E-state index in [0.29, 0.717) is 17.3 Å². The Morgan fingerprint density at radius 1 is 1.38 bits per heavy atom. The molecule has 0 bridgehead atoms. The Morgan fingerprint density at radius 3 is 2.81 bits per heavy atom. The molecular formula is C15H19BrFN3O. The highest BCUT2D eigenvalue weighted by Crippen LogP contribution is 2.28. The minimum atomic E-state index is -0.327. The molecular weight excluding hydrogens is 337 g/mol. The van der Waals surface area contributed by atoms with Crippen LogP contribution in [0.25, 0.3) is 11.4 Å². The zero-order valence-corrected chi connectivity index (χ0v) is 13.9. The van der Waals surface area contributed by atoms with Crippen LogP contribution in [0.3, 0.4) is 0 Å². The number of nitrogens with zero attached hydrogens (tertiary/aromatic N) is 2. The normalized spacial score (nSPS) is 14.1. The van der Waals surface area contributed by atoms with Crippen LogP contribution >= 0.6 is 15.9 Å². The lowest BCUT2D eigenvalue weighted by atomic mass is 9.99. The molecule has 2 rings (SSSR count). The van der Waals surface area contributed by atoms with E-state index in [4.69, 9.17) is 4.52 Å². The highest BCUT2D eigenvalue weighted by Gasteiger charge is 2.23. The van der Waals surface area contributed by atoms with E-state index in [1.165, 1.54) is 12.1 Å². The van der Waals surface area contributed by atoms with Gasteiger partial charge >= 0.3 is 0 Å². The van der Waals surface area contributed by atoms with Crippen LogP contribution in [0.15, 0.2) is 27.2 Å². The number of likely N-dealkylation sites (N-methyl/N-ethyl adjacent to an activating group) is 1. The molecule has 1 N–H and O–H groups in total. The van der Waals surface area contributed by atoms with Gasteiger partial charge in [-0.25, -0.2) is 4.39 Å². The molecule has 4 nitrogen and oxygen atoms in total. The lowest BCUT2D eigenvalue weighted by Gasteiger charge is -2.20. The molecule has 114 valence electrons. The third-order valence-corrected chi connectivity index (χ3v) is 4.20. The van der Waals surface area contributed by atoms with Gasteiger partial charge in [-0.15, -0.1) is 0 Å². The van der Waals surface area contributed by atoms with Gasteiger partial charge in [-0.05, 0) is 31.2 Å². The number of aromatic nitrogens is 2. The van der Waals surface area contributed by atoms with Gasteiger partial charge < -0.3 is 9.84 Å². The van der Waals surface area contributed by atoms with E-state index in [9.17, 15) is 4.39 Å². The number of rotatable bonds is 6. The van der Waals surface area contributed by atoms with Gasteiger partial charge in [-0.2, -0.15) is 4.98 Å². The van der Waals surface area contributed by atoms with E-state index in [2.05, 4.69) is 52.2 Å². The lowest BCUT2D eigenvalue weighted by Crippen LogP contribution is -2.33. The quantitative estimate of drug-likeness (QED) is 0.846. The van der Waals surface area contributed by atoms with E-state index in [-0.39, 0.29) is 17.8 Å². The van der Waals surface area contributed by atoms with Crippen molar-refractivity contribution < 1.29 is 8.91 Å². The number of hydrogen-bond donors (Lipinski definition) is 1. The second kappa shape index (κ2) is 7.13. The van der Waals surface area contributed by atoms with E-state index < -0.39 is 0 Å². The maximum absolute atomic E-state index is 13.4. The molecule has 0 spiro atoms. The first-order chi connectivity index (χ1) is 10.1. The molecule has 0 fully saturated rings. The summed E-state index contributed by atoms with van der Waals surface area (Å²) >= 11 is 3.38. The van der Waals surface area contributed by atoms with E-state index in [1.807, 2.05) is 0 Å². The van der Waals surface area contributed by atoms with Gasteiger partial charge in [0.05, 0.1) is 5.92 Å². The fourth-order valence-corrected chi connectivity index (χ4v) is 2.73. The summed E-state index contributed by atoms with van der Waals surface area (Å²) in [5.74, 6) is 0.735. The van der Waals surface area contributed by atoms with Crippen molar-refractivity contribution in [2.45, 2.75) is 39.2 Å². The second-order valence-electron chi connectivity index (χ2n) is 4.94. The average Bonchev–Trinajstić information content (AvgIpc) is 2.96. The monoisotopic (exact) mass is 355 g/mol. The lowest BCUT2D eigenvalue weighted by molar-refractivity contribution is 0.321. The van der Waals surface area contributed by atoms with Gasteiger partial charge in [0.15, 0.2) is 0 Å². The molecule has 0 aliphatic carbocycles. The molecule has 0 saturated carbocycles. The third kappa shape index (κ3) is 3.68. The molecule has 0 amide bonds. The molecule has 0 aliphatic heterocycles. The number of hydrogen-bond acceptors (Lipinski definition) is 4. The molecule has 1 aromatic heterocycles. The summed E-state index contributed by atoms with van der Waals surface area (Å²) in [4.78, 5) is 4.42. The number of nitrogens with one attached hydrogen (secondary N) is 1. The predicted molar refractivity (Wildman–Crippen MR) is 83.6 cm³/mol. The molecule has 21 heavy (non-hydrogen) atoms. The topological polar surface area (TPSA) is 51.0 Å².